The topological polar surface area (TPSA) is 55.4 Å². The first-order valence-electron chi connectivity index (χ1n) is 7.17. The fourth-order valence-corrected chi connectivity index (χ4v) is 3.13. The SMILES string of the molecule is CCCCC(CC)CNS(=O)(=O)c1ccc(OC)cc1. The maximum absolute atomic E-state index is 12.2. The van der Waals surface area contributed by atoms with Gasteiger partial charge in [-0.2, -0.15) is 0 Å². The first kappa shape index (κ1) is 17.0. The molecule has 1 atom stereocenters. The van der Waals surface area contributed by atoms with Crippen LogP contribution in [0.25, 0.3) is 0 Å². The molecule has 0 aliphatic carbocycles. The summed E-state index contributed by atoms with van der Waals surface area (Å²) in [6.45, 7) is 4.75. The van der Waals surface area contributed by atoms with Crippen molar-refractivity contribution in [2.75, 3.05) is 13.7 Å². The maximum Gasteiger partial charge on any atom is 0.240 e. The van der Waals surface area contributed by atoms with Crippen molar-refractivity contribution in [3.8, 4) is 5.75 Å². The Morgan fingerprint density at radius 3 is 2.35 bits per heavy atom. The minimum Gasteiger partial charge on any atom is -0.497 e. The highest BCUT2D eigenvalue weighted by molar-refractivity contribution is 7.89. The average Bonchev–Trinajstić information content (AvgIpc) is 2.47. The summed E-state index contributed by atoms with van der Waals surface area (Å²) >= 11 is 0. The van der Waals surface area contributed by atoms with Crippen LogP contribution in [0.15, 0.2) is 29.2 Å². The zero-order valence-electron chi connectivity index (χ0n) is 12.6. The van der Waals surface area contributed by atoms with Crippen LogP contribution in [0, 0.1) is 5.92 Å². The minimum atomic E-state index is -3.42. The molecule has 20 heavy (non-hydrogen) atoms. The van der Waals surface area contributed by atoms with Crippen molar-refractivity contribution in [2.24, 2.45) is 5.92 Å². The van der Waals surface area contributed by atoms with Gasteiger partial charge in [0, 0.05) is 6.54 Å². The van der Waals surface area contributed by atoms with Gasteiger partial charge in [0.25, 0.3) is 0 Å². The molecule has 0 fully saturated rings. The summed E-state index contributed by atoms with van der Waals surface area (Å²) in [6.07, 6.45) is 4.34. The van der Waals surface area contributed by atoms with Crippen LogP contribution in [0.4, 0.5) is 0 Å². The standard InChI is InChI=1S/C15H25NO3S/c1-4-6-7-13(5-2)12-16-20(17,18)15-10-8-14(19-3)9-11-15/h8-11,13,16H,4-7,12H2,1-3H3. The predicted molar refractivity (Wildman–Crippen MR) is 81.5 cm³/mol. The molecule has 1 unspecified atom stereocenters. The highest BCUT2D eigenvalue weighted by atomic mass is 32.2. The molecule has 0 amide bonds. The molecule has 0 spiro atoms. The first-order chi connectivity index (χ1) is 9.53. The van der Waals surface area contributed by atoms with Crippen LogP contribution in [-0.2, 0) is 10.0 Å². The van der Waals surface area contributed by atoms with Crippen LogP contribution in [0.3, 0.4) is 0 Å². The van der Waals surface area contributed by atoms with E-state index in [0.717, 1.165) is 25.7 Å². The quantitative estimate of drug-likeness (QED) is 0.762. The van der Waals surface area contributed by atoms with Crippen LogP contribution in [0.1, 0.15) is 39.5 Å². The second-order valence-electron chi connectivity index (χ2n) is 4.94. The number of ether oxygens (including phenoxy) is 1. The van der Waals surface area contributed by atoms with Gasteiger partial charge in [0.05, 0.1) is 12.0 Å². The Morgan fingerprint density at radius 2 is 1.85 bits per heavy atom. The van der Waals surface area contributed by atoms with E-state index in [1.54, 1.807) is 31.4 Å². The molecule has 0 aliphatic heterocycles. The second kappa shape index (κ2) is 8.27. The molecule has 0 saturated carbocycles. The van der Waals surface area contributed by atoms with Crippen LogP contribution in [0.2, 0.25) is 0 Å². The normalized spacial score (nSPS) is 13.2. The first-order valence-corrected chi connectivity index (χ1v) is 8.65. The Hall–Kier alpha value is -1.07. The van der Waals surface area contributed by atoms with E-state index in [0.29, 0.717) is 18.2 Å². The van der Waals surface area contributed by atoms with E-state index in [-0.39, 0.29) is 4.90 Å². The molecule has 4 nitrogen and oxygen atoms in total. The summed E-state index contributed by atoms with van der Waals surface area (Å²) < 4.78 is 32.1. The number of rotatable bonds is 9. The van der Waals surface area contributed by atoms with Crippen molar-refractivity contribution < 1.29 is 13.2 Å². The molecule has 0 radical (unpaired) electrons. The van der Waals surface area contributed by atoms with Crippen molar-refractivity contribution in [3.63, 3.8) is 0 Å². The van der Waals surface area contributed by atoms with Crippen molar-refractivity contribution in [1.29, 1.82) is 0 Å². The lowest BCUT2D eigenvalue weighted by Crippen LogP contribution is -2.29. The van der Waals surface area contributed by atoms with E-state index >= 15 is 0 Å². The van der Waals surface area contributed by atoms with Crippen molar-refractivity contribution in [2.45, 2.75) is 44.4 Å². The number of methoxy groups -OCH3 is 1. The molecule has 0 aliphatic rings. The largest absolute Gasteiger partial charge is 0.497 e. The van der Waals surface area contributed by atoms with Crippen LogP contribution >= 0.6 is 0 Å². The summed E-state index contributed by atoms with van der Waals surface area (Å²) in [4.78, 5) is 0.281. The van der Waals surface area contributed by atoms with Gasteiger partial charge in [0.1, 0.15) is 5.75 Å². The summed E-state index contributed by atoms with van der Waals surface area (Å²) in [5.74, 6) is 1.06. The fraction of sp³-hybridized carbons (Fsp3) is 0.600. The Bertz CT molecular complexity index is 482. The van der Waals surface area contributed by atoms with E-state index in [4.69, 9.17) is 4.74 Å². The molecular formula is C15H25NO3S. The van der Waals surface area contributed by atoms with Crippen molar-refractivity contribution >= 4 is 10.0 Å². The van der Waals surface area contributed by atoms with E-state index in [9.17, 15) is 8.42 Å². The summed E-state index contributed by atoms with van der Waals surface area (Å²) in [5, 5.41) is 0. The van der Waals surface area contributed by atoms with Gasteiger partial charge in [0.15, 0.2) is 0 Å². The smallest absolute Gasteiger partial charge is 0.240 e. The third kappa shape index (κ3) is 5.13. The molecule has 1 aromatic carbocycles. The lowest BCUT2D eigenvalue weighted by molar-refractivity contribution is 0.414. The number of hydrogen-bond donors (Lipinski definition) is 1. The lowest BCUT2D eigenvalue weighted by atomic mass is 10.00. The van der Waals surface area contributed by atoms with Crippen LogP contribution in [-0.4, -0.2) is 22.1 Å². The predicted octanol–water partition coefficient (Wildman–Crippen LogP) is 3.19. The van der Waals surface area contributed by atoms with Crippen LogP contribution in [0.5, 0.6) is 5.75 Å². The minimum absolute atomic E-state index is 0.281. The highest BCUT2D eigenvalue weighted by Crippen LogP contribution is 2.17. The van der Waals surface area contributed by atoms with Gasteiger partial charge in [0.2, 0.25) is 10.0 Å². The van der Waals surface area contributed by atoms with Gasteiger partial charge in [-0.15, -0.1) is 0 Å². The lowest BCUT2D eigenvalue weighted by Gasteiger charge is -2.15. The van der Waals surface area contributed by atoms with Crippen LogP contribution < -0.4 is 9.46 Å². The molecule has 1 aromatic rings. The van der Waals surface area contributed by atoms with Gasteiger partial charge in [-0.3, -0.25) is 0 Å². The fourth-order valence-electron chi connectivity index (χ4n) is 2.01. The second-order valence-corrected chi connectivity index (χ2v) is 6.71. The molecule has 0 saturated heterocycles. The van der Waals surface area contributed by atoms with Gasteiger partial charge in [-0.25, -0.2) is 13.1 Å². The maximum atomic E-state index is 12.2. The zero-order valence-corrected chi connectivity index (χ0v) is 13.4. The van der Waals surface area contributed by atoms with Gasteiger partial charge in [-0.1, -0.05) is 33.1 Å². The summed E-state index contributed by atoms with van der Waals surface area (Å²) in [7, 11) is -1.86. The number of unbranched alkanes of at least 4 members (excludes halogenated alkanes) is 1. The average molecular weight is 299 g/mol. The monoisotopic (exact) mass is 299 g/mol. The Labute approximate surface area is 122 Å². The molecule has 0 bridgehead atoms. The molecular weight excluding hydrogens is 274 g/mol. The molecule has 1 rings (SSSR count). The number of benzene rings is 1. The molecule has 5 heteroatoms. The van der Waals surface area contributed by atoms with Crippen molar-refractivity contribution in [3.05, 3.63) is 24.3 Å². The molecule has 0 aromatic heterocycles. The number of nitrogens with one attached hydrogen (secondary N) is 1. The highest BCUT2D eigenvalue weighted by Gasteiger charge is 2.16. The summed E-state index contributed by atoms with van der Waals surface area (Å²) in [5.41, 5.74) is 0. The van der Waals surface area contributed by atoms with Gasteiger partial charge >= 0.3 is 0 Å². The van der Waals surface area contributed by atoms with Crippen molar-refractivity contribution in [1.82, 2.24) is 4.72 Å². The van der Waals surface area contributed by atoms with E-state index in [2.05, 4.69) is 18.6 Å². The molecule has 0 heterocycles. The number of hydrogen-bond acceptors (Lipinski definition) is 3. The Kier molecular flexibility index (Phi) is 7.02. The summed E-state index contributed by atoms with van der Waals surface area (Å²) in [6, 6.07) is 6.44. The Morgan fingerprint density at radius 1 is 1.20 bits per heavy atom. The number of sulfonamides is 1. The third-order valence-corrected chi connectivity index (χ3v) is 4.91. The van der Waals surface area contributed by atoms with Gasteiger partial charge in [-0.05, 0) is 36.6 Å². The Balaban J connectivity index is 2.63. The third-order valence-electron chi connectivity index (χ3n) is 3.48. The molecule has 1 N–H and O–H groups in total. The van der Waals surface area contributed by atoms with Gasteiger partial charge < -0.3 is 4.74 Å². The van der Waals surface area contributed by atoms with E-state index in [1.165, 1.54) is 0 Å². The zero-order chi connectivity index (χ0) is 15.0. The van der Waals surface area contributed by atoms with E-state index in [1.807, 2.05) is 0 Å². The molecule has 114 valence electrons. The van der Waals surface area contributed by atoms with E-state index < -0.39 is 10.0 Å².